The predicted octanol–water partition coefficient (Wildman–Crippen LogP) is 2.75. The van der Waals surface area contributed by atoms with E-state index in [9.17, 15) is 4.79 Å². The van der Waals surface area contributed by atoms with E-state index in [0.29, 0.717) is 18.0 Å². The van der Waals surface area contributed by atoms with E-state index >= 15 is 0 Å². The van der Waals surface area contributed by atoms with Crippen LogP contribution in [0.2, 0.25) is 0 Å². The van der Waals surface area contributed by atoms with Crippen molar-refractivity contribution in [3.8, 4) is 0 Å². The van der Waals surface area contributed by atoms with Gasteiger partial charge in [0.25, 0.3) is 0 Å². The van der Waals surface area contributed by atoms with Crippen LogP contribution in [0.25, 0.3) is 0 Å². The van der Waals surface area contributed by atoms with Gasteiger partial charge in [0, 0.05) is 25.1 Å². The van der Waals surface area contributed by atoms with Gasteiger partial charge in [-0.15, -0.1) is 11.6 Å². The van der Waals surface area contributed by atoms with Crippen LogP contribution in [0.5, 0.6) is 0 Å². The molecular formula is C22H46ClN3O3. The van der Waals surface area contributed by atoms with Gasteiger partial charge < -0.3 is 21.2 Å². The van der Waals surface area contributed by atoms with Gasteiger partial charge in [0.15, 0.2) is 0 Å². The predicted molar refractivity (Wildman–Crippen MR) is 124 cm³/mol. The minimum atomic E-state index is -0.118. The van der Waals surface area contributed by atoms with Crippen molar-refractivity contribution in [1.29, 1.82) is 0 Å². The van der Waals surface area contributed by atoms with Crippen molar-refractivity contribution in [2.75, 3.05) is 26.3 Å². The fourth-order valence-corrected chi connectivity index (χ4v) is 4.68. The summed E-state index contributed by atoms with van der Waals surface area (Å²) in [5, 5.41) is 6.96. The number of likely N-dealkylation sites (tertiary alicyclic amines) is 1. The maximum Gasteiger partial charge on any atom is 0.240 e. The van der Waals surface area contributed by atoms with E-state index in [-0.39, 0.29) is 41.7 Å². The van der Waals surface area contributed by atoms with Crippen molar-refractivity contribution in [1.82, 2.24) is 15.5 Å². The summed E-state index contributed by atoms with van der Waals surface area (Å²) in [6.45, 7) is 14.2. The van der Waals surface area contributed by atoms with Crippen LogP contribution in [0, 0.1) is 17.3 Å². The lowest BCUT2D eigenvalue weighted by Gasteiger charge is -2.47. The Labute approximate surface area is 183 Å². The lowest BCUT2D eigenvalue weighted by Crippen LogP contribution is -2.56. The lowest BCUT2D eigenvalue weighted by atomic mass is 9.68. The summed E-state index contributed by atoms with van der Waals surface area (Å²) in [5.41, 5.74) is 1.69. The van der Waals surface area contributed by atoms with Gasteiger partial charge >= 0.3 is 0 Å². The molecule has 0 spiro atoms. The Kier molecular flexibility index (Phi) is 14.3. The average molecular weight is 436 g/mol. The van der Waals surface area contributed by atoms with E-state index in [4.69, 9.17) is 11.6 Å². The Hall–Kier alpha value is -0.660. The molecule has 0 aromatic heterocycles. The Balaban J connectivity index is 0. The molecule has 0 bridgehead atoms. The number of carbonyl (C=O) groups excluding carboxylic acids is 1. The molecule has 29 heavy (non-hydrogen) atoms. The second kappa shape index (κ2) is 13.6. The van der Waals surface area contributed by atoms with Gasteiger partial charge in [-0.2, -0.15) is 0 Å². The van der Waals surface area contributed by atoms with Gasteiger partial charge in [-0.25, -0.2) is 0 Å². The fraction of sp³-hybridized carbons (Fsp3) is 0.864. The van der Waals surface area contributed by atoms with E-state index in [1.807, 2.05) is 0 Å². The quantitative estimate of drug-likeness (QED) is 0.277. The highest BCUT2D eigenvalue weighted by Gasteiger charge is 2.41. The molecule has 0 saturated carbocycles. The minimum absolute atomic E-state index is 0. The molecule has 0 radical (unpaired) electrons. The molecule has 6 nitrogen and oxygen atoms in total. The van der Waals surface area contributed by atoms with Crippen LogP contribution in [0.1, 0.15) is 67.7 Å². The van der Waals surface area contributed by atoms with Gasteiger partial charge in [-0.3, -0.25) is 10.1 Å². The van der Waals surface area contributed by atoms with Gasteiger partial charge in [0.05, 0.1) is 6.04 Å². The van der Waals surface area contributed by atoms with Gasteiger partial charge in [-0.1, -0.05) is 53.7 Å². The first-order valence-electron chi connectivity index (χ1n) is 10.3. The molecule has 3 atom stereocenters. The van der Waals surface area contributed by atoms with Crippen LogP contribution >= 0.6 is 11.6 Å². The monoisotopic (exact) mass is 435 g/mol. The van der Waals surface area contributed by atoms with Crippen molar-refractivity contribution in [3.63, 3.8) is 0 Å². The normalized spacial score (nSPS) is 24.5. The summed E-state index contributed by atoms with van der Waals surface area (Å²) in [5.74, 6) is 1.11. The molecule has 0 aromatic carbocycles. The first kappa shape index (κ1) is 30.5. The molecule has 1 heterocycles. The van der Waals surface area contributed by atoms with Crippen molar-refractivity contribution >= 4 is 17.5 Å². The zero-order valence-electron chi connectivity index (χ0n) is 18.3. The topological polar surface area (TPSA) is 107 Å². The maximum absolute atomic E-state index is 13.2. The van der Waals surface area contributed by atoms with Crippen molar-refractivity contribution in [3.05, 3.63) is 11.6 Å². The lowest BCUT2D eigenvalue weighted by molar-refractivity contribution is -0.138. The molecule has 1 aliphatic carbocycles. The molecule has 2 unspecified atom stereocenters. The largest absolute Gasteiger partial charge is 0.412 e. The summed E-state index contributed by atoms with van der Waals surface area (Å²) >= 11 is 6.26. The van der Waals surface area contributed by atoms with E-state index in [1.165, 1.54) is 0 Å². The van der Waals surface area contributed by atoms with E-state index in [1.54, 1.807) is 5.57 Å². The maximum atomic E-state index is 13.2. The smallest absolute Gasteiger partial charge is 0.240 e. The molecule has 174 valence electrons. The Morgan fingerprint density at radius 1 is 1.31 bits per heavy atom. The van der Waals surface area contributed by atoms with Crippen LogP contribution < -0.4 is 10.6 Å². The van der Waals surface area contributed by atoms with Gasteiger partial charge in [-0.05, 0) is 49.5 Å². The number of hydrogen-bond acceptors (Lipinski definition) is 3. The molecule has 1 saturated heterocycles. The second-order valence-electron chi connectivity index (χ2n) is 8.95. The average Bonchev–Trinajstić information content (AvgIpc) is 2.58. The molecule has 1 aliphatic heterocycles. The summed E-state index contributed by atoms with van der Waals surface area (Å²) in [4.78, 5) is 15.2. The fourth-order valence-electron chi connectivity index (χ4n) is 4.48. The highest BCUT2D eigenvalue weighted by Crippen LogP contribution is 2.43. The second-order valence-corrected chi connectivity index (χ2v) is 9.56. The minimum Gasteiger partial charge on any atom is -0.412 e. The molecule has 6 N–H and O–H groups in total. The van der Waals surface area contributed by atoms with E-state index < -0.39 is 0 Å². The molecular weight excluding hydrogens is 390 g/mol. The Morgan fingerprint density at radius 3 is 2.45 bits per heavy atom. The molecule has 2 aliphatic rings. The third-order valence-electron chi connectivity index (χ3n) is 6.00. The third kappa shape index (κ3) is 8.18. The number of allylic oxidation sites excluding steroid dienone is 2. The number of rotatable bonds is 7. The van der Waals surface area contributed by atoms with Crippen LogP contribution in [-0.2, 0) is 4.79 Å². The number of alkyl halides is 1. The number of halogens is 1. The number of hydrogen-bond donors (Lipinski definition) is 2. The van der Waals surface area contributed by atoms with E-state index in [2.05, 4.69) is 56.2 Å². The number of nitrogens with one attached hydrogen (secondary N) is 2. The standard InChI is InChI=1S/C21H38ClN3O.CH4.2H2O/c1-6-23-14-24-19(15(2)3)20(26)25-12-11-18(21(4,5)13-25)16-7-9-17(22)10-8-16;;;/h7,15,17-19,23-24H,6,8-14H2,1-5H3;1H4;2*1H2/t17?,18?,19-;;;/m1.../s1. The van der Waals surface area contributed by atoms with Crippen molar-refractivity contribution in [2.24, 2.45) is 17.3 Å². The van der Waals surface area contributed by atoms with E-state index in [0.717, 1.165) is 45.3 Å². The highest BCUT2D eigenvalue weighted by atomic mass is 35.5. The molecule has 1 amide bonds. The van der Waals surface area contributed by atoms with Crippen LogP contribution in [0.15, 0.2) is 11.6 Å². The van der Waals surface area contributed by atoms with Crippen LogP contribution in [-0.4, -0.2) is 59.5 Å². The molecule has 7 heteroatoms. The Morgan fingerprint density at radius 2 is 1.97 bits per heavy atom. The van der Waals surface area contributed by atoms with Crippen molar-refractivity contribution in [2.45, 2.75) is 79.1 Å². The van der Waals surface area contributed by atoms with Crippen LogP contribution in [0.3, 0.4) is 0 Å². The Bertz CT molecular complexity index is 512. The van der Waals surface area contributed by atoms with Crippen molar-refractivity contribution < 1.29 is 15.7 Å². The summed E-state index contributed by atoms with van der Waals surface area (Å²) in [7, 11) is 0. The van der Waals surface area contributed by atoms with Gasteiger partial charge in [0.1, 0.15) is 0 Å². The number of amides is 1. The summed E-state index contributed by atoms with van der Waals surface area (Å²) in [6.07, 6.45) is 6.65. The van der Waals surface area contributed by atoms with Gasteiger partial charge in [0.2, 0.25) is 5.91 Å². The zero-order chi connectivity index (χ0) is 19.3. The number of nitrogens with zero attached hydrogens (tertiary/aromatic N) is 1. The number of piperidine rings is 1. The number of carbonyl (C=O) groups is 1. The molecule has 0 aromatic rings. The summed E-state index contributed by atoms with van der Waals surface area (Å²) < 4.78 is 0. The molecule has 2 rings (SSSR count). The third-order valence-corrected chi connectivity index (χ3v) is 6.40. The zero-order valence-corrected chi connectivity index (χ0v) is 19.0. The SMILES string of the molecule is C.CCNCN[C@@H](C(=O)N1CCC(C2=CCC(Cl)CC2)C(C)(C)C1)C(C)C.O.O. The molecule has 1 fully saturated rings. The summed E-state index contributed by atoms with van der Waals surface area (Å²) in [6, 6.07) is -0.118. The highest BCUT2D eigenvalue weighted by molar-refractivity contribution is 6.20. The first-order chi connectivity index (χ1) is 12.3. The van der Waals surface area contributed by atoms with Crippen LogP contribution in [0.4, 0.5) is 0 Å². The first-order valence-corrected chi connectivity index (χ1v) is 10.8.